The summed E-state index contributed by atoms with van der Waals surface area (Å²) >= 11 is 6.60. The maximum Gasteiger partial charge on any atom is 0.266 e. The molecule has 2 unspecified atom stereocenters. The van der Waals surface area contributed by atoms with Gasteiger partial charge < -0.3 is 4.57 Å². The highest BCUT2D eigenvalue weighted by atomic mass is 35.5. The quantitative estimate of drug-likeness (QED) is 0.381. The molecule has 1 aromatic heterocycles. The first-order valence-electron chi connectivity index (χ1n) is 7.70. The van der Waals surface area contributed by atoms with Crippen molar-refractivity contribution in [2.75, 3.05) is 0 Å². The Hall–Kier alpha value is -2.59. The van der Waals surface area contributed by atoms with Gasteiger partial charge in [-0.2, -0.15) is 0 Å². The van der Waals surface area contributed by atoms with Gasteiger partial charge in [0.05, 0.1) is 15.8 Å². The summed E-state index contributed by atoms with van der Waals surface area (Å²) in [5.74, 6) is 0. The van der Waals surface area contributed by atoms with Gasteiger partial charge in [0.2, 0.25) is 0 Å². The summed E-state index contributed by atoms with van der Waals surface area (Å²) in [6.07, 6.45) is 4.90. The van der Waals surface area contributed by atoms with Crippen LogP contribution in [0.15, 0.2) is 72.5 Å². The number of hydrogen-bond donors (Lipinski definition) is 0. The zero-order valence-corrected chi connectivity index (χ0v) is 13.8. The van der Waals surface area contributed by atoms with E-state index in [1.165, 1.54) is 6.08 Å². The Bertz CT molecular complexity index is 981. The van der Waals surface area contributed by atoms with Crippen LogP contribution in [0.5, 0.6) is 0 Å². The SMILES string of the molecule is CC1(n2c3ccccc3c3ccccc32)C=CC([N+](=O)[O-])=CC1Cl. The summed E-state index contributed by atoms with van der Waals surface area (Å²) in [7, 11) is 0. The molecule has 24 heavy (non-hydrogen) atoms. The van der Waals surface area contributed by atoms with Crippen molar-refractivity contribution < 1.29 is 4.92 Å². The Morgan fingerprint density at radius 1 is 1.08 bits per heavy atom. The highest BCUT2D eigenvalue weighted by molar-refractivity contribution is 6.23. The molecule has 0 saturated carbocycles. The average Bonchev–Trinajstić information content (AvgIpc) is 2.92. The van der Waals surface area contributed by atoms with Crippen molar-refractivity contribution in [1.29, 1.82) is 0 Å². The van der Waals surface area contributed by atoms with Crippen molar-refractivity contribution in [3.8, 4) is 0 Å². The molecule has 1 heterocycles. The van der Waals surface area contributed by atoms with Crippen LogP contribution < -0.4 is 0 Å². The zero-order chi connectivity index (χ0) is 16.9. The third-order valence-corrected chi connectivity index (χ3v) is 5.31. The summed E-state index contributed by atoms with van der Waals surface area (Å²) in [5, 5.41) is 12.8. The minimum Gasteiger partial charge on any atom is -0.329 e. The average molecular weight is 339 g/mol. The number of rotatable bonds is 2. The molecule has 1 aliphatic carbocycles. The van der Waals surface area contributed by atoms with Crippen LogP contribution in [0, 0.1) is 10.1 Å². The number of nitro groups is 1. The summed E-state index contributed by atoms with van der Waals surface area (Å²) in [6, 6.07) is 16.3. The lowest BCUT2D eigenvalue weighted by molar-refractivity contribution is -0.419. The van der Waals surface area contributed by atoms with Crippen molar-refractivity contribution in [2.24, 2.45) is 0 Å². The predicted octanol–water partition coefficient (Wildman–Crippen LogP) is 4.85. The highest BCUT2D eigenvalue weighted by Gasteiger charge is 2.37. The van der Waals surface area contributed by atoms with Gasteiger partial charge in [-0.05, 0) is 19.1 Å². The van der Waals surface area contributed by atoms with E-state index in [0.717, 1.165) is 21.8 Å². The fraction of sp³-hybridized carbons (Fsp3) is 0.158. The standard InChI is InChI=1S/C19H15ClN2O2/c1-19(11-10-13(22(23)24)12-18(19)20)21-16-8-4-2-6-14(16)15-7-3-5-9-17(15)21/h2-12,18H,1H3. The second-order valence-electron chi connectivity index (χ2n) is 6.18. The van der Waals surface area contributed by atoms with E-state index in [-0.39, 0.29) is 5.70 Å². The van der Waals surface area contributed by atoms with Crippen LogP contribution in [0.2, 0.25) is 0 Å². The topological polar surface area (TPSA) is 48.1 Å². The van der Waals surface area contributed by atoms with Gasteiger partial charge in [0.1, 0.15) is 0 Å². The molecule has 0 N–H and O–H groups in total. The minimum atomic E-state index is -0.593. The Labute approximate surface area is 143 Å². The highest BCUT2D eigenvalue weighted by Crippen LogP contribution is 2.40. The van der Waals surface area contributed by atoms with Crippen molar-refractivity contribution in [2.45, 2.75) is 17.8 Å². The Morgan fingerprint density at radius 2 is 1.62 bits per heavy atom. The van der Waals surface area contributed by atoms with Gasteiger partial charge in [0.25, 0.3) is 5.70 Å². The summed E-state index contributed by atoms with van der Waals surface area (Å²) in [4.78, 5) is 10.6. The van der Waals surface area contributed by atoms with E-state index in [1.54, 1.807) is 6.08 Å². The van der Waals surface area contributed by atoms with Crippen molar-refractivity contribution >= 4 is 33.4 Å². The number of alkyl halides is 1. The van der Waals surface area contributed by atoms with Gasteiger partial charge in [0.15, 0.2) is 0 Å². The second kappa shape index (κ2) is 5.21. The number of para-hydroxylation sites is 2. The number of halogens is 1. The second-order valence-corrected chi connectivity index (χ2v) is 6.65. The van der Waals surface area contributed by atoms with Crippen LogP contribution in [0.25, 0.3) is 21.8 Å². The first-order valence-corrected chi connectivity index (χ1v) is 8.14. The van der Waals surface area contributed by atoms with Crippen LogP contribution in [-0.4, -0.2) is 14.9 Å². The summed E-state index contributed by atoms with van der Waals surface area (Å²) < 4.78 is 2.18. The van der Waals surface area contributed by atoms with Gasteiger partial charge in [0, 0.05) is 34.0 Å². The van der Waals surface area contributed by atoms with E-state index in [1.807, 2.05) is 37.3 Å². The molecule has 0 amide bonds. The van der Waals surface area contributed by atoms with E-state index in [4.69, 9.17) is 11.6 Å². The molecule has 1 aliphatic rings. The van der Waals surface area contributed by atoms with Gasteiger partial charge in [-0.25, -0.2) is 0 Å². The van der Waals surface area contributed by atoms with Gasteiger partial charge in [-0.3, -0.25) is 10.1 Å². The maximum absolute atomic E-state index is 11.0. The molecule has 5 heteroatoms. The summed E-state index contributed by atoms with van der Waals surface area (Å²) in [6.45, 7) is 2.01. The normalized spacial score (nSPS) is 23.6. The molecule has 120 valence electrons. The van der Waals surface area contributed by atoms with Gasteiger partial charge >= 0.3 is 0 Å². The zero-order valence-electron chi connectivity index (χ0n) is 13.0. The lowest BCUT2D eigenvalue weighted by atomic mass is 9.91. The number of hydrogen-bond acceptors (Lipinski definition) is 2. The fourth-order valence-corrected chi connectivity index (χ4v) is 3.78. The molecule has 3 aromatic rings. The molecule has 2 aromatic carbocycles. The third kappa shape index (κ3) is 2.00. The van der Waals surface area contributed by atoms with E-state index in [9.17, 15) is 10.1 Å². The molecule has 0 radical (unpaired) electrons. The van der Waals surface area contributed by atoms with Crippen LogP contribution in [-0.2, 0) is 5.54 Å². The summed E-state index contributed by atoms with van der Waals surface area (Å²) in [5.41, 5.74) is 1.57. The first kappa shape index (κ1) is 15.0. The van der Waals surface area contributed by atoms with Gasteiger partial charge in [-0.1, -0.05) is 42.5 Å². The van der Waals surface area contributed by atoms with E-state index >= 15 is 0 Å². The third-order valence-electron chi connectivity index (χ3n) is 4.74. The molecule has 0 fully saturated rings. The van der Waals surface area contributed by atoms with Crippen molar-refractivity contribution in [1.82, 2.24) is 4.57 Å². The van der Waals surface area contributed by atoms with E-state index < -0.39 is 15.8 Å². The molecule has 0 bridgehead atoms. The maximum atomic E-state index is 11.0. The van der Waals surface area contributed by atoms with Crippen molar-refractivity contribution in [3.63, 3.8) is 0 Å². The monoisotopic (exact) mass is 338 g/mol. The Balaban J connectivity index is 2.03. The van der Waals surface area contributed by atoms with Crippen LogP contribution in [0.3, 0.4) is 0 Å². The largest absolute Gasteiger partial charge is 0.329 e. The van der Waals surface area contributed by atoms with Crippen molar-refractivity contribution in [3.05, 3.63) is 82.6 Å². The molecule has 0 saturated heterocycles. The lowest BCUT2D eigenvalue weighted by Gasteiger charge is -2.34. The fourth-order valence-electron chi connectivity index (χ4n) is 3.48. The van der Waals surface area contributed by atoms with E-state index in [2.05, 4.69) is 28.8 Å². The van der Waals surface area contributed by atoms with Gasteiger partial charge in [-0.15, -0.1) is 11.6 Å². The van der Waals surface area contributed by atoms with E-state index in [0.29, 0.717) is 0 Å². The number of nitrogens with zero attached hydrogens (tertiary/aromatic N) is 2. The number of allylic oxidation sites excluding steroid dienone is 3. The lowest BCUT2D eigenvalue weighted by Crippen LogP contribution is -2.38. The molecular weight excluding hydrogens is 324 g/mol. The Kier molecular flexibility index (Phi) is 3.25. The molecule has 2 atom stereocenters. The molecule has 4 rings (SSSR count). The molecular formula is C19H15ClN2O2. The van der Waals surface area contributed by atoms with Crippen LogP contribution >= 0.6 is 11.6 Å². The smallest absolute Gasteiger partial charge is 0.266 e. The number of benzene rings is 2. The minimum absolute atomic E-state index is 0.0354. The molecule has 0 aliphatic heterocycles. The molecule has 4 nitrogen and oxygen atoms in total. The Morgan fingerprint density at radius 3 is 2.12 bits per heavy atom. The first-order chi connectivity index (χ1) is 11.5. The molecule has 0 spiro atoms. The predicted molar refractivity (Wildman–Crippen MR) is 97.0 cm³/mol. The van der Waals surface area contributed by atoms with Crippen LogP contribution in [0.1, 0.15) is 6.92 Å². The number of aromatic nitrogens is 1. The number of fused-ring (bicyclic) bond motifs is 3. The van der Waals surface area contributed by atoms with Crippen LogP contribution in [0.4, 0.5) is 0 Å².